The summed E-state index contributed by atoms with van der Waals surface area (Å²) in [5.41, 5.74) is 3.02. The topological polar surface area (TPSA) is 57.9 Å². The zero-order chi connectivity index (χ0) is 25.4. The van der Waals surface area contributed by atoms with Gasteiger partial charge in [-0.1, -0.05) is 74.2 Å². The van der Waals surface area contributed by atoms with Gasteiger partial charge < -0.3 is 4.90 Å². The van der Waals surface area contributed by atoms with Crippen molar-refractivity contribution >= 4 is 51.7 Å². The van der Waals surface area contributed by atoms with Gasteiger partial charge in [0, 0.05) is 25.8 Å². The Labute approximate surface area is 221 Å². The number of hydrogen-bond donors (Lipinski definition) is 0. The van der Waals surface area contributed by atoms with Gasteiger partial charge in [-0.15, -0.1) is 0 Å². The molecule has 0 N–H and O–H groups in total. The van der Waals surface area contributed by atoms with Crippen LogP contribution < -0.4 is 10.5 Å². The number of rotatable bonds is 5. The summed E-state index contributed by atoms with van der Waals surface area (Å²) in [6, 6.07) is 13.9. The predicted octanol–water partition coefficient (Wildman–Crippen LogP) is 4.93. The molecule has 4 heterocycles. The van der Waals surface area contributed by atoms with Gasteiger partial charge in [0.15, 0.2) is 0 Å². The summed E-state index contributed by atoms with van der Waals surface area (Å²) >= 11 is 6.82. The van der Waals surface area contributed by atoms with Gasteiger partial charge in [-0.25, -0.2) is 4.98 Å². The van der Waals surface area contributed by atoms with Crippen LogP contribution in [0.2, 0.25) is 0 Å². The summed E-state index contributed by atoms with van der Waals surface area (Å²) in [6.45, 7) is 8.60. The van der Waals surface area contributed by atoms with Gasteiger partial charge in [-0.2, -0.15) is 0 Å². The quantitative estimate of drug-likeness (QED) is 0.353. The summed E-state index contributed by atoms with van der Waals surface area (Å²) < 4.78 is 2.10. The lowest BCUT2D eigenvalue weighted by Gasteiger charge is -2.36. The van der Waals surface area contributed by atoms with Crippen LogP contribution in [0.4, 0.5) is 5.82 Å². The van der Waals surface area contributed by atoms with Gasteiger partial charge >= 0.3 is 0 Å². The van der Waals surface area contributed by atoms with E-state index in [0.717, 1.165) is 37.1 Å². The highest BCUT2D eigenvalue weighted by Crippen LogP contribution is 2.34. The molecule has 0 unspecified atom stereocenters. The number of amides is 1. The first-order valence-electron chi connectivity index (χ1n) is 12.4. The molecule has 2 saturated heterocycles. The Hall–Kier alpha value is -2.97. The Kier molecular flexibility index (Phi) is 6.99. The van der Waals surface area contributed by atoms with Crippen LogP contribution in [-0.4, -0.2) is 44.1 Å². The van der Waals surface area contributed by atoms with Gasteiger partial charge in [0.2, 0.25) is 0 Å². The molecule has 6 nitrogen and oxygen atoms in total. The monoisotopic (exact) mass is 518 g/mol. The van der Waals surface area contributed by atoms with Crippen molar-refractivity contribution in [1.82, 2.24) is 14.3 Å². The Morgan fingerprint density at radius 2 is 1.81 bits per heavy atom. The molecule has 36 heavy (non-hydrogen) atoms. The third kappa shape index (κ3) is 4.84. The molecule has 0 saturated carbocycles. The molecule has 3 aromatic rings. The molecule has 5 rings (SSSR count). The zero-order valence-electron chi connectivity index (χ0n) is 20.8. The van der Waals surface area contributed by atoms with Crippen molar-refractivity contribution in [1.29, 1.82) is 0 Å². The lowest BCUT2D eigenvalue weighted by atomic mass is 9.91. The van der Waals surface area contributed by atoms with Crippen LogP contribution in [0.25, 0.3) is 11.7 Å². The number of aryl methyl sites for hydroxylation is 1. The summed E-state index contributed by atoms with van der Waals surface area (Å²) in [6.07, 6.45) is 5.32. The molecule has 0 spiro atoms. The molecule has 0 aliphatic carbocycles. The number of nitrogens with zero attached hydrogens (tertiary/aromatic N) is 4. The van der Waals surface area contributed by atoms with Gasteiger partial charge in [0.05, 0.1) is 10.5 Å². The van der Waals surface area contributed by atoms with Crippen LogP contribution in [0.3, 0.4) is 0 Å². The van der Waals surface area contributed by atoms with Crippen molar-refractivity contribution in [3.8, 4) is 0 Å². The van der Waals surface area contributed by atoms with E-state index in [1.54, 1.807) is 21.6 Å². The third-order valence-corrected chi connectivity index (χ3v) is 8.23. The van der Waals surface area contributed by atoms with Crippen LogP contribution in [0, 0.1) is 18.8 Å². The highest BCUT2D eigenvalue weighted by molar-refractivity contribution is 8.26. The Balaban J connectivity index is 1.54. The molecule has 2 fully saturated rings. The number of fused-ring (bicyclic) bond motifs is 1. The minimum Gasteiger partial charge on any atom is -0.355 e. The van der Waals surface area contributed by atoms with Gasteiger partial charge in [-0.3, -0.25) is 18.9 Å². The van der Waals surface area contributed by atoms with Crippen molar-refractivity contribution in [2.45, 2.75) is 33.6 Å². The number of anilines is 1. The normalized spacial score (nSPS) is 21.7. The molecule has 2 aromatic heterocycles. The largest absolute Gasteiger partial charge is 0.355 e. The molecule has 0 bridgehead atoms. The molecule has 1 aromatic carbocycles. The Bertz CT molecular complexity index is 1410. The van der Waals surface area contributed by atoms with Crippen molar-refractivity contribution in [2.24, 2.45) is 11.8 Å². The highest BCUT2D eigenvalue weighted by Gasteiger charge is 2.33. The van der Waals surface area contributed by atoms with Gasteiger partial charge in [0.1, 0.15) is 15.8 Å². The molecular formula is C28H30N4O2S2. The maximum atomic E-state index is 13.8. The fourth-order valence-corrected chi connectivity index (χ4v) is 6.50. The maximum Gasteiger partial charge on any atom is 0.267 e. The number of piperidine rings is 1. The first-order valence-corrected chi connectivity index (χ1v) is 13.6. The predicted molar refractivity (Wildman–Crippen MR) is 151 cm³/mol. The van der Waals surface area contributed by atoms with Gasteiger partial charge in [-0.05, 0) is 54.9 Å². The van der Waals surface area contributed by atoms with E-state index in [4.69, 9.17) is 17.2 Å². The first kappa shape index (κ1) is 24.7. The second-order valence-corrected chi connectivity index (χ2v) is 11.6. The van der Waals surface area contributed by atoms with E-state index < -0.39 is 0 Å². The van der Waals surface area contributed by atoms with Crippen LogP contribution >= 0.6 is 24.0 Å². The van der Waals surface area contributed by atoms with Crippen molar-refractivity contribution < 1.29 is 4.79 Å². The number of pyridine rings is 1. The molecule has 0 radical (unpaired) electrons. The fraction of sp³-hybridized carbons (Fsp3) is 0.357. The summed E-state index contributed by atoms with van der Waals surface area (Å²) in [7, 11) is 0. The minimum absolute atomic E-state index is 0.152. The van der Waals surface area contributed by atoms with E-state index in [1.165, 1.54) is 11.8 Å². The van der Waals surface area contributed by atoms with Crippen LogP contribution in [-0.2, 0) is 11.2 Å². The summed E-state index contributed by atoms with van der Waals surface area (Å²) in [5, 5.41) is 0. The minimum atomic E-state index is -0.167. The second-order valence-electron chi connectivity index (χ2n) is 9.96. The molecule has 2 atom stereocenters. The summed E-state index contributed by atoms with van der Waals surface area (Å²) in [5.74, 6) is 1.49. The molecule has 2 aliphatic rings. The number of carbonyl (C=O) groups is 1. The number of hydrogen-bond acceptors (Lipinski definition) is 6. The lowest BCUT2D eigenvalue weighted by Crippen LogP contribution is -2.40. The molecule has 2 aliphatic heterocycles. The SMILES string of the molecule is Cc1cccn2c(=O)c(/C=C3/SC(=S)N(CCc4ccccc4)C3=O)c(N3C[C@H](C)C[C@@H](C)C3)nc12. The van der Waals surface area contributed by atoms with Crippen LogP contribution in [0.5, 0.6) is 0 Å². The van der Waals surface area contributed by atoms with E-state index in [-0.39, 0.29) is 11.5 Å². The smallest absolute Gasteiger partial charge is 0.267 e. The average Bonchev–Trinajstić information content (AvgIpc) is 3.11. The zero-order valence-corrected chi connectivity index (χ0v) is 22.4. The number of thiocarbonyl (C=S) groups is 1. The lowest BCUT2D eigenvalue weighted by molar-refractivity contribution is -0.122. The van der Waals surface area contributed by atoms with E-state index >= 15 is 0 Å². The molecule has 186 valence electrons. The Morgan fingerprint density at radius 3 is 2.53 bits per heavy atom. The highest BCUT2D eigenvalue weighted by atomic mass is 32.2. The Morgan fingerprint density at radius 1 is 1.08 bits per heavy atom. The van der Waals surface area contributed by atoms with Crippen molar-refractivity contribution in [3.05, 3.63) is 80.6 Å². The first-order chi connectivity index (χ1) is 17.3. The molecular weight excluding hydrogens is 488 g/mol. The van der Waals surface area contributed by atoms with Crippen LogP contribution in [0.1, 0.15) is 37.0 Å². The van der Waals surface area contributed by atoms with Crippen molar-refractivity contribution in [3.63, 3.8) is 0 Å². The number of aromatic nitrogens is 2. The average molecular weight is 519 g/mol. The third-order valence-electron chi connectivity index (χ3n) is 6.85. The van der Waals surface area contributed by atoms with E-state index in [9.17, 15) is 9.59 Å². The van der Waals surface area contributed by atoms with Gasteiger partial charge in [0.25, 0.3) is 11.5 Å². The number of benzene rings is 1. The van der Waals surface area contributed by atoms with E-state index in [2.05, 4.69) is 18.7 Å². The number of thioether (sulfide) groups is 1. The number of carbonyl (C=O) groups excluding carboxylic acids is 1. The molecule has 8 heteroatoms. The fourth-order valence-electron chi connectivity index (χ4n) is 5.21. The van der Waals surface area contributed by atoms with E-state index in [0.29, 0.717) is 44.6 Å². The van der Waals surface area contributed by atoms with Crippen LogP contribution in [0.15, 0.2) is 58.4 Å². The van der Waals surface area contributed by atoms with Crippen molar-refractivity contribution in [2.75, 3.05) is 24.5 Å². The van der Waals surface area contributed by atoms with E-state index in [1.807, 2.05) is 49.4 Å². The standard InChI is InChI=1S/C28H30N4O2S2/c1-18-14-19(2)17-30(16-18)25-22(26(33)31-12-7-8-20(3)24(31)29-25)15-23-27(34)32(28(35)36-23)13-11-21-9-5-4-6-10-21/h4-10,12,15,18-19H,11,13-14,16-17H2,1-3H3/b23-15+/t18-,19-/m1/s1. The molecule has 1 amide bonds. The summed E-state index contributed by atoms with van der Waals surface area (Å²) in [4.78, 5) is 36.4. The second kappa shape index (κ2) is 10.2. The maximum absolute atomic E-state index is 13.8.